The van der Waals surface area contributed by atoms with E-state index < -0.39 is 16.1 Å². The first-order valence-electron chi connectivity index (χ1n) is 16.4. The molecule has 6 rings (SSSR count). The van der Waals surface area contributed by atoms with Crippen molar-refractivity contribution in [2.45, 2.75) is 71.0 Å². The monoisotopic (exact) mass is 685 g/mol. The van der Waals surface area contributed by atoms with E-state index in [2.05, 4.69) is 50.3 Å². The number of ether oxygens (including phenoxy) is 2. The molecule has 258 valence electrons. The average molecular weight is 686 g/mol. The van der Waals surface area contributed by atoms with Crippen LogP contribution in [0.1, 0.15) is 60.9 Å². The van der Waals surface area contributed by atoms with Gasteiger partial charge in [-0.15, -0.1) is 0 Å². The van der Waals surface area contributed by atoms with Crippen LogP contribution in [0.25, 0.3) is 11.3 Å². The molecule has 0 saturated carbocycles. The van der Waals surface area contributed by atoms with Crippen LogP contribution in [0.15, 0.2) is 65.8 Å². The van der Waals surface area contributed by atoms with E-state index in [0.29, 0.717) is 17.9 Å². The van der Waals surface area contributed by atoms with E-state index in [1.54, 1.807) is 42.6 Å². The van der Waals surface area contributed by atoms with Crippen molar-refractivity contribution in [1.29, 1.82) is 0 Å². The van der Waals surface area contributed by atoms with Crippen molar-refractivity contribution in [1.82, 2.24) is 24.8 Å². The number of rotatable bonds is 6. The van der Waals surface area contributed by atoms with Gasteiger partial charge in [0.15, 0.2) is 0 Å². The highest BCUT2D eigenvalue weighted by atomic mass is 32.2. The molecule has 4 heterocycles. The number of sulfonamides is 1. The number of amides is 1. The number of benzene rings is 2. The Morgan fingerprint density at radius 2 is 1.73 bits per heavy atom. The number of hydrogen-bond acceptors (Lipinski definition) is 10. The highest BCUT2D eigenvalue weighted by Gasteiger charge is 2.32. The first-order chi connectivity index (χ1) is 23.3. The van der Waals surface area contributed by atoms with E-state index in [1.807, 2.05) is 32.0 Å². The van der Waals surface area contributed by atoms with Gasteiger partial charge >= 0.3 is 0 Å². The van der Waals surface area contributed by atoms with Gasteiger partial charge in [0.25, 0.3) is 15.9 Å². The molecule has 4 aromatic rings. The summed E-state index contributed by atoms with van der Waals surface area (Å²) in [5.41, 5.74) is 4.22. The summed E-state index contributed by atoms with van der Waals surface area (Å²) in [6.45, 7) is 12.0. The first kappa shape index (κ1) is 34.3. The molecule has 0 unspecified atom stereocenters. The van der Waals surface area contributed by atoms with Crippen molar-refractivity contribution in [2.75, 3.05) is 36.4 Å². The SMILES string of the molecule is CO[C@@H]1CCN(c2cnc(CN3C(=O)c4cccc(c4)S(=O)(=O)Nc4nc(cc(-c5c(C)cccc5C)n4)OC[C@H]3CC(C)(C)C)nc2)C1. The lowest BCUT2D eigenvalue weighted by molar-refractivity contribution is 0.0505. The largest absolute Gasteiger partial charge is 0.475 e. The molecule has 1 N–H and O–H groups in total. The van der Waals surface area contributed by atoms with Gasteiger partial charge in [0.05, 0.1) is 47.4 Å². The molecule has 2 aliphatic rings. The number of methoxy groups -OCH3 is 1. The molecular weight excluding hydrogens is 643 g/mol. The third-order valence-electron chi connectivity index (χ3n) is 8.88. The van der Waals surface area contributed by atoms with Gasteiger partial charge in [0, 0.05) is 37.4 Å². The maximum absolute atomic E-state index is 14.4. The minimum absolute atomic E-state index is 0.0851. The van der Waals surface area contributed by atoms with Gasteiger partial charge in [-0.1, -0.05) is 45.0 Å². The second-order valence-corrected chi connectivity index (χ2v) is 15.6. The summed E-state index contributed by atoms with van der Waals surface area (Å²) in [5, 5.41) is 0. The van der Waals surface area contributed by atoms with Crippen LogP contribution in [0, 0.1) is 19.3 Å². The lowest BCUT2D eigenvalue weighted by Crippen LogP contribution is -2.45. The predicted molar refractivity (Wildman–Crippen MR) is 187 cm³/mol. The molecule has 2 atom stereocenters. The van der Waals surface area contributed by atoms with Crippen LogP contribution < -0.4 is 14.4 Å². The van der Waals surface area contributed by atoms with Crippen LogP contribution in [-0.4, -0.2) is 78.1 Å². The van der Waals surface area contributed by atoms with Gasteiger partial charge in [-0.3, -0.25) is 4.79 Å². The van der Waals surface area contributed by atoms with Crippen molar-refractivity contribution >= 4 is 27.6 Å². The Bertz CT molecular complexity index is 1930. The van der Waals surface area contributed by atoms with E-state index in [9.17, 15) is 13.2 Å². The van der Waals surface area contributed by atoms with E-state index in [1.165, 1.54) is 12.1 Å². The number of fused-ring (bicyclic) bond motifs is 4. The quantitative estimate of drug-likeness (QED) is 0.280. The minimum atomic E-state index is -4.18. The molecule has 0 aliphatic carbocycles. The van der Waals surface area contributed by atoms with Gasteiger partial charge in [0.1, 0.15) is 12.4 Å². The molecule has 1 amide bonds. The van der Waals surface area contributed by atoms with Crippen molar-refractivity contribution in [3.8, 4) is 17.1 Å². The summed E-state index contributed by atoms with van der Waals surface area (Å²) in [5.74, 6) is 0.148. The number of carbonyl (C=O) groups is 1. The molecule has 49 heavy (non-hydrogen) atoms. The number of aromatic nitrogens is 4. The Morgan fingerprint density at radius 3 is 2.41 bits per heavy atom. The highest BCUT2D eigenvalue weighted by molar-refractivity contribution is 7.92. The minimum Gasteiger partial charge on any atom is -0.475 e. The second kappa shape index (κ2) is 13.7. The third kappa shape index (κ3) is 7.83. The lowest BCUT2D eigenvalue weighted by Gasteiger charge is -2.35. The van der Waals surface area contributed by atoms with Gasteiger partial charge in [-0.05, 0) is 61.4 Å². The summed E-state index contributed by atoms with van der Waals surface area (Å²) in [6.07, 6.45) is 5.22. The molecule has 2 aromatic heterocycles. The van der Waals surface area contributed by atoms with Gasteiger partial charge in [0.2, 0.25) is 11.8 Å². The molecular formula is C36H43N7O5S. The van der Waals surface area contributed by atoms with Crippen LogP contribution in [-0.2, 0) is 21.3 Å². The Morgan fingerprint density at radius 1 is 1.02 bits per heavy atom. The third-order valence-corrected chi connectivity index (χ3v) is 10.2. The van der Waals surface area contributed by atoms with Crippen LogP contribution in [0.3, 0.4) is 0 Å². The summed E-state index contributed by atoms with van der Waals surface area (Å²) >= 11 is 0. The maximum atomic E-state index is 14.4. The summed E-state index contributed by atoms with van der Waals surface area (Å²) in [6, 6.07) is 13.2. The Balaban J connectivity index is 1.42. The van der Waals surface area contributed by atoms with E-state index >= 15 is 0 Å². The fourth-order valence-corrected chi connectivity index (χ4v) is 7.44. The molecule has 4 bridgehead atoms. The van der Waals surface area contributed by atoms with Crippen LogP contribution in [0.2, 0.25) is 0 Å². The van der Waals surface area contributed by atoms with Crippen molar-refractivity contribution in [3.63, 3.8) is 0 Å². The normalized spacial score (nSPS) is 19.3. The summed E-state index contributed by atoms with van der Waals surface area (Å²) in [4.78, 5) is 36.6. The average Bonchev–Trinajstić information content (AvgIpc) is 3.54. The Hall–Kier alpha value is -4.62. The van der Waals surface area contributed by atoms with Crippen LogP contribution in [0.5, 0.6) is 5.88 Å². The zero-order valence-corrected chi connectivity index (χ0v) is 29.6. The Labute approximate surface area is 288 Å². The molecule has 0 spiro atoms. The topological polar surface area (TPSA) is 140 Å². The number of anilines is 2. The number of nitrogens with one attached hydrogen (secondary N) is 1. The zero-order chi connectivity index (χ0) is 34.9. The van der Waals surface area contributed by atoms with Gasteiger partial charge in [-0.2, -0.15) is 4.98 Å². The molecule has 1 saturated heterocycles. The van der Waals surface area contributed by atoms with E-state index in [-0.39, 0.29) is 52.9 Å². The van der Waals surface area contributed by atoms with E-state index in [4.69, 9.17) is 9.47 Å². The number of nitrogens with zero attached hydrogens (tertiary/aromatic N) is 6. The first-order valence-corrected chi connectivity index (χ1v) is 17.9. The molecule has 12 nitrogen and oxygen atoms in total. The molecule has 1 fully saturated rings. The zero-order valence-electron chi connectivity index (χ0n) is 28.8. The van der Waals surface area contributed by atoms with Crippen molar-refractivity contribution < 1.29 is 22.7 Å². The fraction of sp³-hybridized carbons (Fsp3) is 0.417. The Kier molecular flexibility index (Phi) is 9.58. The predicted octanol–water partition coefficient (Wildman–Crippen LogP) is 5.42. The number of aryl methyl sites for hydroxylation is 2. The molecule has 13 heteroatoms. The number of carbonyl (C=O) groups excluding carboxylic acids is 1. The number of hydrogen-bond donors (Lipinski definition) is 1. The standard InChI is InChI=1S/C36H43N7O5S/c1-23-9-7-10-24(2)33(23)30-16-32-40-35(39-30)41-49(45,46)29-12-8-11-25(15-29)34(44)43(26(22-48-32)17-36(3,4)5)21-31-37-18-27(19-38-31)42-14-13-28(20-42)47-6/h7-12,15-16,18-19,26,28H,13-14,17,20-22H2,1-6H3,(H,39,40,41)/t26-,28-/m1/s1. The smallest absolute Gasteiger partial charge is 0.264 e. The van der Waals surface area contributed by atoms with Gasteiger partial charge in [-0.25, -0.2) is 28.1 Å². The molecule has 2 aliphatic heterocycles. The lowest BCUT2D eigenvalue weighted by atomic mass is 9.87. The molecule has 2 aromatic carbocycles. The van der Waals surface area contributed by atoms with Crippen molar-refractivity contribution in [2.24, 2.45) is 5.41 Å². The fourth-order valence-electron chi connectivity index (χ4n) is 6.45. The second-order valence-electron chi connectivity index (χ2n) is 13.9. The summed E-state index contributed by atoms with van der Waals surface area (Å²) in [7, 11) is -2.46. The van der Waals surface area contributed by atoms with Crippen LogP contribution in [0.4, 0.5) is 11.6 Å². The summed E-state index contributed by atoms with van der Waals surface area (Å²) < 4.78 is 41.8. The van der Waals surface area contributed by atoms with E-state index in [0.717, 1.165) is 41.9 Å². The highest BCUT2D eigenvalue weighted by Crippen LogP contribution is 2.32. The van der Waals surface area contributed by atoms with Gasteiger partial charge < -0.3 is 19.3 Å². The van der Waals surface area contributed by atoms with Crippen LogP contribution >= 0.6 is 0 Å². The molecule has 0 radical (unpaired) electrons. The van der Waals surface area contributed by atoms with Crippen molar-refractivity contribution in [3.05, 3.63) is 83.4 Å². The maximum Gasteiger partial charge on any atom is 0.264 e.